The van der Waals surface area contributed by atoms with E-state index in [1.807, 2.05) is 93.6 Å². The number of aldehydes is 1. The van der Waals surface area contributed by atoms with Crippen LogP contribution in [0.25, 0.3) is 57.5 Å². The number of rotatable bonds is 5. The summed E-state index contributed by atoms with van der Waals surface area (Å²) in [5, 5.41) is 0. The first kappa shape index (κ1) is 30.5. The first-order chi connectivity index (χ1) is 20.2. The zero-order chi connectivity index (χ0) is 28.8. The van der Waals surface area contributed by atoms with Crippen molar-refractivity contribution in [3.8, 4) is 0 Å². The number of carbonyl (C=O) groups is 1. The topological polar surface area (TPSA) is 71.1 Å². The molecule has 5 heterocycles. The molecule has 6 rings (SSSR count). The van der Waals surface area contributed by atoms with Gasteiger partial charge < -0.3 is 9.97 Å². The van der Waals surface area contributed by atoms with Crippen LogP contribution in [-0.2, 0) is 19.5 Å². The summed E-state index contributed by atoms with van der Waals surface area (Å²) in [5.74, 6) is 0. The average molecular weight is 602 g/mol. The molecule has 8 bridgehead atoms. The summed E-state index contributed by atoms with van der Waals surface area (Å²) in [6.45, 7) is 9.86. The SMILES string of the molecule is C=C/C=C(\C=C/C)c1c2nc(cc3ccc([n-]3)c(C3=CCCC=C3)c3nc(c(C=O)c4ccc1[n-]4)C=C3)C=C2.CC.[Zn+2]. The summed E-state index contributed by atoms with van der Waals surface area (Å²) in [6.07, 6.45) is 24.8. The second-order valence-electron chi connectivity index (χ2n) is 9.36. The molecule has 0 fully saturated rings. The summed E-state index contributed by atoms with van der Waals surface area (Å²) in [6, 6.07) is 9.79. The third-order valence-electron chi connectivity index (χ3n) is 6.81. The third-order valence-corrected chi connectivity index (χ3v) is 6.81. The molecule has 0 N–H and O–H groups in total. The van der Waals surface area contributed by atoms with Gasteiger partial charge in [0.2, 0.25) is 0 Å². The smallest absolute Gasteiger partial charge is 0.657 e. The molecule has 0 aromatic carbocycles. The van der Waals surface area contributed by atoms with E-state index in [0.29, 0.717) is 16.8 Å². The molecule has 42 heavy (non-hydrogen) atoms. The maximum atomic E-state index is 12.4. The molecule has 0 radical (unpaired) electrons. The Morgan fingerprint density at radius 1 is 0.881 bits per heavy atom. The fourth-order valence-electron chi connectivity index (χ4n) is 5.08. The molecule has 2 aliphatic heterocycles. The summed E-state index contributed by atoms with van der Waals surface area (Å²) in [5.41, 5.74) is 10.1. The molecule has 3 aromatic heterocycles. The van der Waals surface area contributed by atoms with E-state index in [9.17, 15) is 4.79 Å². The quantitative estimate of drug-likeness (QED) is 0.115. The number of aromatic nitrogens is 4. The van der Waals surface area contributed by atoms with E-state index >= 15 is 0 Å². The number of allylic oxidation sites excluding steroid dienone is 9. The zero-order valence-corrected chi connectivity index (χ0v) is 27.3. The molecule has 3 aliphatic rings. The van der Waals surface area contributed by atoms with Crippen molar-refractivity contribution in [3.63, 3.8) is 0 Å². The Morgan fingerprint density at radius 3 is 2.38 bits per heavy atom. The van der Waals surface area contributed by atoms with Gasteiger partial charge in [0.1, 0.15) is 0 Å². The van der Waals surface area contributed by atoms with Crippen molar-refractivity contribution in [2.75, 3.05) is 0 Å². The molecule has 0 saturated carbocycles. The minimum absolute atomic E-state index is 0. The summed E-state index contributed by atoms with van der Waals surface area (Å²) < 4.78 is 0. The van der Waals surface area contributed by atoms with Crippen molar-refractivity contribution >= 4 is 63.8 Å². The van der Waals surface area contributed by atoms with Crippen LogP contribution in [0, 0.1) is 0 Å². The Labute approximate surface area is 259 Å². The molecule has 0 atom stereocenters. The van der Waals surface area contributed by atoms with E-state index < -0.39 is 0 Å². The summed E-state index contributed by atoms with van der Waals surface area (Å²) in [7, 11) is 0. The third kappa shape index (κ3) is 6.10. The van der Waals surface area contributed by atoms with Crippen LogP contribution >= 0.6 is 0 Å². The summed E-state index contributed by atoms with van der Waals surface area (Å²) in [4.78, 5) is 32.1. The van der Waals surface area contributed by atoms with Crippen LogP contribution in [-0.4, -0.2) is 16.3 Å². The van der Waals surface area contributed by atoms with Gasteiger partial charge in [0, 0.05) is 5.56 Å². The van der Waals surface area contributed by atoms with Crippen molar-refractivity contribution in [2.45, 2.75) is 33.6 Å². The fourth-order valence-corrected chi connectivity index (χ4v) is 5.08. The second kappa shape index (κ2) is 14.0. The Morgan fingerprint density at radius 2 is 1.64 bits per heavy atom. The molecule has 0 amide bonds. The van der Waals surface area contributed by atoms with E-state index in [1.165, 1.54) is 0 Å². The molecule has 3 aromatic rings. The van der Waals surface area contributed by atoms with Crippen LogP contribution in [0.1, 0.15) is 77.9 Å². The molecule has 1 aliphatic carbocycles. The molecule has 6 heteroatoms. The number of hydrogen-bond acceptors (Lipinski definition) is 3. The maximum absolute atomic E-state index is 12.4. The summed E-state index contributed by atoms with van der Waals surface area (Å²) >= 11 is 0. The van der Waals surface area contributed by atoms with Gasteiger partial charge in [0.05, 0.1) is 22.8 Å². The standard InChI is InChI=1S/C34H27N4O.C2H6.Zn/c1-3-8-22(9-4-2)33-29-14-12-24(35-29)20-25-13-15-30(36-25)34(23-10-6-5-7-11-23)32-19-17-28(38-32)26(21-39)27-16-18-31(33)37-27;1-2;/h3-4,6,8-21H,1,5,7H2,2H3,(H-,35,36,37,38,39);1-2H3;/q-1;;+2/p-1/b9-4-,22-8+,24-20?,25-20?,27-26?,28-26?,33-29?,33-31?,34-30?,34-32?;;. The second-order valence-corrected chi connectivity index (χ2v) is 9.36. The van der Waals surface area contributed by atoms with Gasteiger partial charge in [-0.2, -0.15) is 0 Å². The first-order valence-electron chi connectivity index (χ1n) is 14.0. The molecule has 5 nitrogen and oxygen atoms in total. The van der Waals surface area contributed by atoms with Crippen molar-refractivity contribution < 1.29 is 24.3 Å². The predicted octanol–water partition coefficient (Wildman–Crippen LogP) is 8.63. The Hall–Kier alpha value is -4.41. The van der Waals surface area contributed by atoms with Crippen molar-refractivity contribution in [2.24, 2.45) is 0 Å². The van der Waals surface area contributed by atoms with Gasteiger partial charge in [-0.25, -0.2) is 9.97 Å². The minimum atomic E-state index is 0. The number of carbonyl (C=O) groups excluding carboxylic acids is 1. The van der Waals surface area contributed by atoms with E-state index in [4.69, 9.17) is 19.9 Å². The van der Waals surface area contributed by atoms with Gasteiger partial charge >= 0.3 is 19.5 Å². The Kier molecular flexibility index (Phi) is 10.2. The molecule has 0 unspecified atom stereocenters. The molecule has 0 saturated heterocycles. The maximum Gasteiger partial charge on any atom is 2.00 e. The molecule has 0 spiro atoms. The Balaban J connectivity index is 0.00000132. The van der Waals surface area contributed by atoms with E-state index in [0.717, 1.165) is 75.0 Å². The van der Waals surface area contributed by atoms with Gasteiger partial charge in [-0.05, 0) is 66.3 Å². The first-order valence-corrected chi connectivity index (χ1v) is 14.0. The van der Waals surface area contributed by atoms with E-state index in [2.05, 4.69) is 24.8 Å². The van der Waals surface area contributed by atoms with Crippen LogP contribution in [0.5, 0.6) is 0 Å². The Bertz CT molecular complexity index is 1860. The number of fused-ring (bicyclic) bond motifs is 8. The van der Waals surface area contributed by atoms with Gasteiger partial charge in [0.15, 0.2) is 6.29 Å². The van der Waals surface area contributed by atoms with E-state index in [-0.39, 0.29) is 19.5 Å². The van der Waals surface area contributed by atoms with Crippen LogP contribution in [0.15, 0.2) is 79.4 Å². The zero-order valence-electron chi connectivity index (χ0n) is 24.3. The normalized spacial score (nSPS) is 13.8. The fraction of sp³-hybridized carbons (Fsp3) is 0.139. The van der Waals surface area contributed by atoms with Gasteiger partial charge in [-0.3, -0.25) is 4.79 Å². The van der Waals surface area contributed by atoms with Crippen molar-refractivity contribution in [1.82, 2.24) is 19.9 Å². The van der Waals surface area contributed by atoms with Crippen LogP contribution in [0.2, 0.25) is 0 Å². The van der Waals surface area contributed by atoms with Crippen LogP contribution < -0.4 is 9.97 Å². The molecular formula is C36H32N4OZn. The van der Waals surface area contributed by atoms with Gasteiger partial charge in [-0.15, -0.1) is 22.1 Å². The van der Waals surface area contributed by atoms with Crippen LogP contribution in [0.3, 0.4) is 0 Å². The van der Waals surface area contributed by atoms with Crippen molar-refractivity contribution in [1.29, 1.82) is 0 Å². The van der Waals surface area contributed by atoms with Crippen molar-refractivity contribution in [3.05, 3.63) is 119 Å². The molecular weight excluding hydrogens is 570 g/mol. The molecule has 204 valence electrons. The van der Waals surface area contributed by atoms with Gasteiger partial charge in [-0.1, -0.05) is 93.3 Å². The van der Waals surface area contributed by atoms with E-state index in [1.54, 1.807) is 6.08 Å². The van der Waals surface area contributed by atoms with Gasteiger partial charge in [0.25, 0.3) is 0 Å². The largest absolute Gasteiger partial charge is 2.00 e. The number of hydrogen-bond donors (Lipinski definition) is 0. The average Bonchev–Trinajstić information content (AvgIpc) is 3.82. The minimum Gasteiger partial charge on any atom is -0.657 e. The predicted molar refractivity (Wildman–Crippen MR) is 173 cm³/mol. The number of nitrogens with zero attached hydrogens (tertiary/aromatic N) is 4. The van der Waals surface area contributed by atoms with Crippen LogP contribution in [0.4, 0.5) is 0 Å². The monoisotopic (exact) mass is 600 g/mol.